The molecule has 1 aliphatic carbocycles. The Hall–Kier alpha value is -1.56. The lowest BCUT2D eigenvalue weighted by atomic mass is 9.86. The molecule has 0 aromatic carbocycles. The zero-order chi connectivity index (χ0) is 13.8. The molecule has 1 aliphatic rings. The van der Waals surface area contributed by atoms with Gasteiger partial charge >= 0.3 is 0 Å². The normalized spacial score (nSPS) is 23.3. The number of anilines is 1. The fourth-order valence-corrected chi connectivity index (χ4v) is 2.51. The molecule has 1 fully saturated rings. The number of carbonyl (C=O) groups is 1. The molecule has 2 rings (SSSR count). The standard InChI is InChI=1S/C13H22N4O2/c1-2-17-8-10(14)12(16-17)13(19)15-7-9-5-3-4-6-11(9)18/h8-9,11,18H,2-7,14H2,1H3,(H,15,19). The van der Waals surface area contributed by atoms with Gasteiger partial charge in [0, 0.05) is 25.2 Å². The second-order valence-electron chi connectivity index (χ2n) is 5.11. The van der Waals surface area contributed by atoms with Crippen molar-refractivity contribution in [2.45, 2.75) is 45.3 Å². The summed E-state index contributed by atoms with van der Waals surface area (Å²) in [6, 6.07) is 0. The van der Waals surface area contributed by atoms with E-state index in [1.807, 2.05) is 6.92 Å². The lowest BCUT2D eigenvalue weighted by Crippen LogP contribution is -2.37. The molecule has 0 aliphatic heterocycles. The Labute approximate surface area is 113 Å². The third-order valence-electron chi connectivity index (χ3n) is 3.72. The Morgan fingerprint density at radius 2 is 2.32 bits per heavy atom. The van der Waals surface area contributed by atoms with Gasteiger partial charge in [-0.3, -0.25) is 9.48 Å². The quantitative estimate of drug-likeness (QED) is 0.750. The maximum atomic E-state index is 12.0. The van der Waals surface area contributed by atoms with Crippen molar-refractivity contribution < 1.29 is 9.90 Å². The van der Waals surface area contributed by atoms with Crippen LogP contribution in [-0.4, -0.2) is 33.4 Å². The molecule has 2 unspecified atom stereocenters. The number of rotatable bonds is 4. The fraction of sp³-hybridized carbons (Fsp3) is 0.692. The average Bonchev–Trinajstić information content (AvgIpc) is 2.79. The number of carbonyl (C=O) groups excluding carboxylic acids is 1. The molecule has 0 radical (unpaired) electrons. The van der Waals surface area contributed by atoms with Gasteiger partial charge in [0.25, 0.3) is 5.91 Å². The van der Waals surface area contributed by atoms with Gasteiger partial charge in [-0.05, 0) is 19.8 Å². The summed E-state index contributed by atoms with van der Waals surface area (Å²) in [7, 11) is 0. The van der Waals surface area contributed by atoms with Gasteiger partial charge in [0.15, 0.2) is 5.69 Å². The summed E-state index contributed by atoms with van der Waals surface area (Å²) in [6.07, 6.45) is 5.32. The van der Waals surface area contributed by atoms with Crippen LogP contribution in [0.3, 0.4) is 0 Å². The number of aliphatic hydroxyl groups is 1. The van der Waals surface area contributed by atoms with Crippen molar-refractivity contribution in [2.75, 3.05) is 12.3 Å². The monoisotopic (exact) mass is 266 g/mol. The van der Waals surface area contributed by atoms with Crippen molar-refractivity contribution in [3.8, 4) is 0 Å². The molecular formula is C13H22N4O2. The second-order valence-corrected chi connectivity index (χ2v) is 5.11. The largest absolute Gasteiger partial charge is 0.396 e. The van der Waals surface area contributed by atoms with Crippen LogP contribution in [-0.2, 0) is 6.54 Å². The number of hydrogen-bond acceptors (Lipinski definition) is 4. The van der Waals surface area contributed by atoms with Crippen LogP contribution in [0.2, 0.25) is 0 Å². The summed E-state index contributed by atoms with van der Waals surface area (Å²) in [4.78, 5) is 12.0. The smallest absolute Gasteiger partial charge is 0.273 e. The van der Waals surface area contributed by atoms with E-state index >= 15 is 0 Å². The molecule has 106 valence electrons. The van der Waals surface area contributed by atoms with Gasteiger partial charge in [0.05, 0.1) is 11.8 Å². The van der Waals surface area contributed by atoms with E-state index in [1.54, 1.807) is 10.9 Å². The topological polar surface area (TPSA) is 93.2 Å². The van der Waals surface area contributed by atoms with E-state index in [4.69, 9.17) is 5.73 Å². The first-order valence-corrected chi connectivity index (χ1v) is 6.91. The van der Waals surface area contributed by atoms with Gasteiger partial charge < -0.3 is 16.2 Å². The Morgan fingerprint density at radius 3 is 2.95 bits per heavy atom. The lowest BCUT2D eigenvalue weighted by Gasteiger charge is -2.27. The lowest BCUT2D eigenvalue weighted by molar-refractivity contribution is 0.0661. The average molecular weight is 266 g/mol. The number of aromatic nitrogens is 2. The third kappa shape index (κ3) is 3.26. The van der Waals surface area contributed by atoms with Gasteiger partial charge in [-0.2, -0.15) is 5.10 Å². The molecule has 19 heavy (non-hydrogen) atoms. The summed E-state index contributed by atoms with van der Waals surface area (Å²) in [6.45, 7) is 3.10. The van der Waals surface area contributed by atoms with E-state index in [0.717, 1.165) is 25.7 Å². The van der Waals surface area contributed by atoms with Crippen LogP contribution in [0, 0.1) is 5.92 Å². The molecule has 1 saturated carbocycles. The zero-order valence-corrected chi connectivity index (χ0v) is 11.3. The van der Waals surface area contributed by atoms with E-state index in [0.29, 0.717) is 18.8 Å². The summed E-state index contributed by atoms with van der Waals surface area (Å²) >= 11 is 0. The summed E-state index contributed by atoms with van der Waals surface area (Å²) in [5, 5.41) is 16.8. The molecule has 0 bridgehead atoms. The minimum absolute atomic E-state index is 0.146. The number of nitrogens with one attached hydrogen (secondary N) is 1. The highest BCUT2D eigenvalue weighted by molar-refractivity contribution is 5.96. The molecule has 6 heteroatoms. The van der Waals surface area contributed by atoms with Crippen molar-refractivity contribution in [2.24, 2.45) is 5.92 Å². The van der Waals surface area contributed by atoms with Crippen molar-refractivity contribution in [3.05, 3.63) is 11.9 Å². The summed E-state index contributed by atoms with van der Waals surface area (Å²) in [5.74, 6) is -0.116. The van der Waals surface area contributed by atoms with Crippen LogP contribution in [0.5, 0.6) is 0 Å². The van der Waals surface area contributed by atoms with Gasteiger partial charge in [0.2, 0.25) is 0 Å². The molecule has 1 amide bonds. The van der Waals surface area contributed by atoms with Crippen molar-refractivity contribution in [1.82, 2.24) is 15.1 Å². The maximum absolute atomic E-state index is 12.0. The molecule has 1 aromatic rings. The highest BCUT2D eigenvalue weighted by atomic mass is 16.3. The molecule has 0 spiro atoms. The van der Waals surface area contributed by atoms with Crippen LogP contribution in [0.15, 0.2) is 6.20 Å². The summed E-state index contributed by atoms with van der Waals surface area (Å²) in [5.41, 5.74) is 6.42. The first-order valence-electron chi connectivity index (χ1n) is 6.91. The third-order valence-corrected chi connectivity index (χ3v) is 3.72. The predicted octanol–water partition coefficient (Wildman–Crippen LogP) is 0.766. The van der Waals surface area contributed by atoms with Gasteiger partial charge in [-0.25, -0.2) is 0 Å². The van der Waals surface area contributed by atoms with Gasteiger partial charge in [-0.15, -0.1) is 0 Å². The number of aryl methyl sites for hydroxylation is 1. The molecule has 2 atom stereocenters. The van der Waals surface area contributed by atoms with Crippen LogP contribution in [0.4, 0.5) is 5.69 Å². The van der Waals surface area contributed by atoms with Crippen LogP contribution in [0.25, 0.3) is 0 Å². The molecule has 1 aromatic heterocycles. The Kier molecular flexibility index (Phi) is 4.42. The highest BCUT2D eigenvalue weighted by Gasteiger charge is 2.24. The van der Waals surface area contributed by atoms with Crippen LogP contribution >= 0.6 is 0 Å². The maximum Gasteiger partial charge on any atom is 0.273 e. The second kappa shape index (κ2) is 6.06. The number of nitrogen functional groups attached to an aromatic ring is 1. The van der Waals surface area contributed by atoms with E-state index in [2.05, 4.69) is 10.4 Å². The van der Waals surface area contributed by atoms with Crippen molar-refractivity contribution >= 4 is 11.6 Å². The van der Waals surface area contributed by atoms with E-state index < -0.39 is 0 Å². The van der Waals surface area contributed by atoms with E-state index in [-0.39, 0.29) is 23.6 Å². The minimum Gasteiger partial charge on any atom is -0.396 e. The zero-order valence-electron chi connectivity index (χ0n) is 11.3. The fourth-order valence-electron chi connectivity index (χ4n) is 2.51. The first kappa shape index (κ1) is 13.9. The number of aliphatic hydroxyl groups excluding tert-OH is 1. The van der Waals surface area contributed by atoms with E-state index in [1.165, 1.54) is 0 Å². The molecule has 4 N–H and O–H groups in total. The molecule has 1 heterocycles. The first-order chi connectivity index (χ1) is 9.11. The SMILES string of the molecule is CCn1cc(N)c(C(=O)NCC2CCCCC2O)n1. The summed E-state index contributed by atoms with van der Waals surface area (Å²) < 4.78 is 1.64. The van der Waals surface area contributed by atoms with E-state index in [9.17, 15) is 9.90 Å². The predicted molar refractivity (Wildman–Crippen MR) is 72.6 cm³/mol. The van der Waals surface area contributed by atoms with Gasteiger partial charge in [0.1, 0.15) is 0 Å². The number of nitrogens with two attached hydrogens (primary N) is 1. The highest BCUT2D eigenvalue weighted by Crippen LogP contribution is 2.23. The minimum atomic E-state index is -0.306. The number of nitrogens with zero attached hydrogens (tertiary/aromatic N) is 2. The van der Waals surface area contributed by atoms with Crippen molar-refractivity contribution in [1.29, 1.82) is 0 Å². The van der Waals surface area contributed by atoms with Gasteiger partial charge in [-0.1, -0.05) is 12.8 Å². The molecule has 6 nitrogen and oxygen atoms in total. The number of hydrogen-bond donors (Lipinski definition) is 3. The van der Waals surface area contributed by atoms with Crippen molar-refractivity contribution in [3.63, 3.8) is 0 Å². The Morgan fingerprint density at radius 1 is 1.58 bits per heavy atom. The van der Waals surface area contributed by atoms with Crippen LogP contribution in [0.1, 0.15) is 43.1 Å². The molecular weight excluding hydrogens is 244 g/mol. The molecule has 0 saturated heterocycles. The Bertz CT molecular complexity index is 444. The van der Waals surface area contributed by atoms with Crippen LogP contribution < -0.4 is 11.1 Å². The number of amides is 1. The Balaban J connectivity index is 1.91.